The van der Waals surface area contributed by atoms with E-state index in [0.29, 0.717) is 24.0 Å². The van der Waals surface area contributed by atoms with Crippen LogP contribution in [0.15, 0.2) is 127 Å². The Kier molecular flexibility index (Phi) is 22.6. The first kappa shape index (κ1) is 63.5. The van der Waals surface area contributed by atoms with Crippen molar-refractivity contribution in [2.75, 3.05) is 52.3 Å². The van der Waals surface area contributed by atoms with E-state index >= 15 is 0 Å². The zero-order valence-corrected chi connectivity index (χ0v) is 54.8. The van der Waals surface area contributed by atoms with Crippen LogP contribution in [0.1, 0.15) is 131 Å². The van der Waals surface area contributed by atoms with Crippen molar-refractivity contribution in [2.45, 2.75) is 155 Å². The van der Waals surface area contributed by atoms with E-state index in [9.17, 15) is 14.4 Å². The van der Waals surface area contributed by atoms with Crippen molar-refractivity contribution in [3.05, 3.63) is 155 Å². The Hall–Kier alpha value is -6.69. The summed E-state index contributed by atoms with van der Waals surface area (Å²) in [6, 6.07) is 35.0. The second-order valence-corrected chi connectivity index (χ2v) is 25.5. The summed E-state index contributed by atoms with van der Waals surface area (Å²) in [5, 5.41) is 12.3. The summed E-state index contributed by atoms with van der Waals surface area (Å²) in [5.74, 6) is 0.186. The molecule has 0 saturated carbocycles. The minimum atomic E-state index is -1.39. The molecule has 0 radical (unpaired) electrons. The number of carbonyl (C=O) groups excluding carboxylic acids is 2. The van der Waals surface area contributed by atoms with Crippen LogP contribution in [0, 0.1) is 0 Å². The van der Waals surface area contributed by atoms with Gasteiger partial charge in [0.2, 0.25) is 2.86 Å². The first-order valence-corrected chi connectivity index (χ1v) is 32.1. The van der Waals surface area contributed by atoms with Gasteiger partial charge < -0.3 is 47.3 Å². The van der Waals surface area contributed by atoms with Crippen LogP contribution in [-0.2, 0) is 37.0 Å². The number of hydrogen-bond acceptors (Lipinski definition) is 19. The van der Waals surface area contributed by atoms with Crippen molar-refractivity contribution < 1.29 is 59.6 Å². The van der Waals surface area contributed by atoms with Gasteiger partial charge in [-0.3, -0.25) is 19.8 Å². The van der Waals surface area contributed by atoms with Gasteiger partial charge in [0.15, 0.2) is 17.0 Å². The number of hydrogen-bond donors (Lipinski definition) is 4. The summed E-state index contributed by atoms with van der Waals surface area (Å²) in [7, 11) is 3.11. The maximum atomic E-state index is 13.0. The number of fused-ring (bicyclic) bond motifs is 7. The number of nitrogens with one attached hydrogen (secondary N) is 2. The molecule has 11 rings (SSSR count). The molecule has 5 heterocycles. The smallest absolute Gasteiger partial charge is 0.412 e. The van der Waals surface area contributed by atoms with E-state index in [4.69, 9.17) is 42.6 Å². The van der Waals surface area contributed by atoms with Crippen molar-refractivity contribution in [1.29, 1.82) is 2.86 Å². The van der Waals surface area contributed by atoms with Crippen LogP contribution < -0.4 is 16.3 Å². The predicted octanol–water partition coefficient (Wildman–Crippen LogP) is 12.4. The van der Waals surface area contributed by atoms with Crippen LogP contribution in [0.5, 0.6) is 0 Å². The molecule has 2 aliphatic carbocycles. The van der Waals surface area contributed by atoms with Gasteiger partial charge in [0.1, 0.15) is 37.8 Å². The lowest BCUT2D eigenvalue weighted by Crippen LogP contribution is -2.35. The third-order valence-electron chi connectivity index (χ3n) is 15.6. The fourth-order valence-corrected chi connectivity index (χ4v) is 15.0. The van der Waals surface area contributed by atoms with Crippen LogP contribution >= 0.6 is 17.1 Å². The van der Waals surface area contributed by atoms with Crippen LogP contribution in [0.25, 0.3) is 33.4 Å². The third-order valence-corrected chi connectivity index (χ3v) is 19.7. The van der Waals surface area contributed by atoms with E-state index in [1.807, 2.05) is 48.5 Å². The number of ether oxygens (including phenoxy) is 4. The molecule has 2 fully saturated rings. The standard InChI is InChI=1S/C32H39N6O5P.C31H39N4O6P.2CH4O/c1-19(2)38(20(3)4)44(40-6)43-27-15-28(42-21(27)5)37-18-35-29-30(33-17-34-31(29)37)36-32(39)41-16-26-24-13-9-7-11-22(24)23-12-8-10-14-25(23)26;1-19(2)35(20(3)4)42(38-6)41-27-17-29(40-21(27)5)34-16-15-28(32-30(34)36)33-31(37)39-18-26-24-13-9-7-11-22(24)23-12-8-10-14-25(23)26;2*1-2/h7-14,17-21,26-28H,15-16H2,1-6H3,(H,33,34,36,39);7-16,19-21,26-27,29H,17-18H2,1-6H3,(H,32,33,36,37);2*2H,1H3/t21-,27-,28-,44?;21-,27-,29-,42?;;/m11../s1/i2*5D;2*2T. The van der Waals surface area contributed by atoms with E-state index in [1.54, 1.807) is 25.1 Å². The highest BCUT2D eigenvalue weighted by Gasteiger charge is 2.41. The molecule has 90 heavy (non-hydrogen) atoms. The zero-order valence-electron chi connectivity index (χ0n) is 57.0. The normalized spacial score (nSPS) is 20.3. The molecule has 8 atom stereocenters. The van der Waals surface area contributed by atoms with Gasteiger partial charge in [0.05, 0.1) is 30.7 Å². The third kappa shape index (κ3) is 15.6. The zero-order chi connectivity index (χ0) is 67.8. The number of nitrogens with zero attached hydrogens (tertiary/aromatic N) is 8. The Labute approximate surface area is 535 Å². The first-order chi connectivity index (χ1) is 45.3. The number of aliphatic hydroxyl groups excluding tert-OH is 2. The predicted molar refractivity (Wildman–Crippen MR) is 348 cm³/mol. The minimum Gasteiger partial charge on any atom is -0.448 e. The molecule has 3 aromatic heterocycles. The maximum Gasteiger partial charge on any atom is 0.412 e. The molecule has 4 aromatic carbocycles. The summed E-state index contributed by atoms with van der Waals surface area (Å²) in [6.07, 6.45) is 1.14. The number of rotatable bonds is 20. The second-order valence-electron chi connectivity index (χ2n) is 22.4. The van der Waals surface area contributed by atoms with Gasteiger partial charge in [0, 0.05) is 86.2 Å². The summed E-state index contributed by atoms with van der Waals surface area (Å²) in [6.45, 7) is 17.1. The Balaban J connectivity index is 0.000000223. The molecule has 2 aliphatic heterocycles. The molecule has 2 saturated heterocycles. The van der Waals surface area contributed by atoms with Gasteiger partial charge in [-0.1, -0.05) is 97.1 Å². The van der Waals surface area contributed by atoms with Crippen LogP contribution in [-0.4, -0.2) is 154 Å². The quantitative estimate of drug-likeness (QED) is 0.0517. The van der Waals surface area contributed by atoms with Gasteiger partial charge in [-0.2, -0.15) is 4.98 Å². The Morgan fingerprint density at radius 1 is 0.644 bits per heavy atom. The van der Waals surface area contributed by atoms with Gasteiger partial charge in [-0.25, -0.2) is 38.7 Å². The summed E-state index contributed by atoms with van der Waals surface area (Å²) < 4.78 is 82.9. The van der Waals surface area contributed by atoms with Gasteiger partial charge in [0.25, 0.3) is 17.1 Å². The van der Waals surface area contributed by atoms with Crippen LogP contribution in [0.2, 0.25) is 0 Å². The van der Waals surface area contributed by atoms with E-state index in [1.165, 1.54) is 37.4 Å². The topological polar surface area (TPSA) is 257 Å². The molecule has 0 bridgehead atoms. The highest BCUT2D eigenvalue weighted by Crippen LogP contribution is 2.51. The molecule has 25 heteroatoms. The highest BCUT2D eigenvalue weighted by atomic mass is 31.2. The highest BCUT2D eigenvalue weighted by molar-refractivity contribution is 7.44. The second kappa shape index (κ2) is 32.0. The number of imidazole rings is 1. The van der Waals surface area contributed by atoms with E-state index in [0.717, 1.165) is 44.5 Å². The van der Waals surface area contributed by atoms with Crippen LogP contribution in [0.4, 0.5) is 21.2 Å². The van der Waals surface area contributed by atoms with Crippen molar-refractivity contribution >= 4 is 52.0 Å². The Morgan fingerprint density at radius 2 is 1.06 bits per heavy atom. The van der Waals surface area contributed by atoms with Crippen molar-refractivity contribution in [2.24, 2.45) is 0 Å². The Morgan fingerprint density at radius 3 is 1.46 bits per heavy atom. The lowest BCUT2D eigenvalue weighted by molar-refractivity contribution is -0.00824. The number of aliphatic hydroxyl groups is 2. The van der Waals surface area contributed by atoms with Gasteiger partial charge in [-0.05, 0) is 120 Å². The number of anilines is 2. The van der Waals surface area contributed by atoms with Gasteiger partial charge >= 0.3 is 17.9 Å². The van der Waals surface area contributed by atoms with E-state index < -0.39 is 65.7 Å². The molecule has 4 N–H and O–H groups in total. The summed E-state index contributed by atoms with van der Waals surface area (Å²) in [5.41, 5.74) is 9.42. The molecule has 7 aromatic rings. The summed E-state index contributed by atoms with van der Waals surface area (Å²) >= 11 is 0. The van der Waals surface area contributed by atoms with Crippen molar-refractivity contribution in [3.8, 4) is 22.3 Å². The summed E-state index contributed by atoms with van der Waals surface area (Å²) in [4.78, 5) is 55.9. The molecule has 2 amide bonds. The fraction of sp³-hybridized carbons (Fsp3) is 0.462. The largest absolute Gasteiger partial charge is 0.448 e. The lowest BCUT2D eigenvalue weighted by Gasteiger charge is -2.36. The van der Waals surface area contributed by atoms with E-state index in [-0.39, 0.29) is 80.8 Å². The van der Waals surface area contributed by atoms with E-state index in [2.05, 4.69) is 154 Å². The molecular formula is C65H86N10O13P2. The molecular weight excluding hydrogens is 1190 g/mol. The van der Waals surface area contributed by atoms with Crippen molar-refractivity contribution in [1.82, 2.24) is 38.4 Å². The van der Waals surface area contributed by atoms with Crippen LogP contribution in [0.3, 0.4) is 0 Å². The lowest BCUT2D eigenvalue weighted by atomic mass is 9.98. The molecule has 484 valence electrons. The first-order valence-electron chi connectivity index (χ1n) is 32.0. The molecule has 23 nitrogen and oxygen atoms in total. The maximum absolute atomic E-state index is 13.0. The SMILES string of the molecule is [2H]C[C@H]1O[C@@H](n2ccc(NC(=O)OCC3c4ccccc4-c4ccccc43)nc2=O)C[C@H]1OP(OC)N(C(C)C)C(C)C.[2H]C[C@H]1O[C@@H](n2cnc3c(NC(=O)OCC4c5ccccc5-c5ccccc54)ncnc32)C[C@H]1OP(OC)N(C(C)C)C(C)C.[3H]OC.[3H]OC. The molecule has 0 spiro atoms. The average molecular weight is 1280 g/mol. The number of aromatic nitrogens is 6. The Bertz CT molecular complexity index is 3550. The molecule has 2 unspecified atom stereocenters. The number of carbonyl (C=O) groups is 2. The number of benzene rings is 4. The average Bonchev–Trinajstić information content (AvgIpc) is 1.63. The minimum absolute atomic E-state index is 0.0268. The number of amides is 2. The molecule has 4 aliphatic rings. The van der Waals surface area contributed by atoms with Gasteiger partial charge in [-0.15, -0.1) is 0 Å². The van der Waals surface area contributed by atoms with Crippen molar-refractivity contribution in [3.63, 3.8) is 0 Å². The monoisotopic (exact) mass is 1280 g/mol. The fourth-order valence-electron chi connectivity index (χ4n) is 11.9.